The smallest absolute Gasteiger partial charge is 0.342 e. The third-order valence-electron chi connectivity index (χ3n) is 5.62. The number of ether oxygens (including phenoxy) is 2. The summed E-state index contributed by atoms with van der Waals surface area (Å²) in [5.74, 6) is -1.39. The lowest BCUT2D eigenvalue weighted by atomic mass is 9.90. The second kappa shape index (κ2) is 7.37. The Hall–Kier alpha value is -1.92. The Bertz CT molecular complexity index is 663. The van der Waals surface area contributed by atoms with Crippen molar-refractivity contribution in [3.63, 3.8) is 0 Å². The molecular weight excluding hydrogens is 334 g/mol. The molecule has 2 saturated heterocycles. The van der Waals surface area contributed by atoms with Crippen LogP contribution in [-0.4, -0.2) is 59.4 Å². The van der Waals surface area contributed by atoms with Crippen LogP contribution in [0.2, 0.25) is 0 Å². The molecule has 3 heterocycles. The minimum absolute atomic E-state index is 0.0492. The van der Waals surface area contributed by atoms with Gasteiger partial charge >= 0.3 is 11.9 Å². The summed E-state index contributed by atoms with van der Waals surface area (Å²) in [6.45, 7) is 8.79. The Morgan fingerprint density at radius 1 is 1.38 bits per heavy atom. The molecular formula is C20H27NO5. The molecule has 4 atom stereocenters. The van der Waals surface area contributed by atoms with Crippen LogP contribution < -0.4 is 0 Å². The van der Waals surface area contributed by atoms with E-state index in [0.717, 1.165) is 25.1 Å². The van der Waals surface area contributed by atoms with Gasteiger partial charge in [0.25, 0.3) is 0 Å². The first-order valence-electron chi connectivity index (χ1n) is 9.18. The van der Waals surface area contributed by atoms with Crippen molar-refractivity contribution in [1.29, 1.82) is 0 Å². The summed E-state index contributed by atoms with van der Waals surface area (Å²) in [6.07, 6.45) is 6.94. The van der Waals surface area contributed by atoms with Gasteiger partial charge in [0.1, 0.15) is 12.7 Å². The summed E-state index contributed by atoms with van der Waals surface area (Å²) in [5.41, 5.74) is -0.505. The molecule has 0 aliphatic carbocycles. The van der Waals surface area contributed by atoms with Crippen molar-refractivity contribution < 1.29 is 24.2 Å². The van der Waals surface area contributed by atoms with Crippen LogP contribution in [0.15, 0.2) is 36.0 Å². The van der Waals surface area contributed by atoms with Crippen molar-refractivity contribution in [2.45, 2.75) is 50.9 Å². The van der Waals surface area contributed by atoms with E-state index in [4.69, 9.17) is 9.47 Å². The quantitative estimate of drug-likeness (QED) is 0.566. The standard InChI is InChI=1S/C20H27NO5/c1-4-5-14-7-6-13(2)20(3,24)19(23)25-12-15-8-10-21-11-9-16(17(15)21)26-18(14)22/h4-5,8,14,16-17,24H,2,6-7,9-12H2,1,3H3/b5-4-/t14-,16-,17-,20-/m1/s1. The molecule has 0 radical (unpaired) electrons. The van der Waals surface area contributed by atoms with Crippen LogP contribution in [0.5, 0.6) is 0 Å². The zero-order valence-corrected chi connectivity index (χ0v) is 15.4. The molecule has 0 aromatic carbocycles. The van der Waals surface area contributed by atoms with E-state index in [1.54, 1.807) is 6.08 Å². The second-order valence-electron chi connectivity index (χ2n) is 7.41. The SMILES string of the molecule is C=C1CC[C@@H](/C=C\C)C(=O)O[C@@H]2CCN3CC=C(COC(=O)[C@]1(C)O)[C@H]23. The summed E-state index contributed by atoms with van der Waals surface area (Å²) < 4.78 is 11.2. The topological polar surface area (TPSA) is 76.1 Å². The highest BCUT2D eigenvalue weighted by Crippen LogP contribution is 2.33. The van der Waals surface area contributed by atoms with Crippen molar-refractivity contribution in [2.24, 2.45) is 5.92 Å². The third-order valence-corrected chi connectivity index (χ3v) is 5.62. The molecule has 0 amide bonds. The molecule has 0 aromatic heterocycles. The maximum atomic E-state index is 12.7. The van der Waals surface area contributed by atoms with Gasteiger partial charge in [0.15, 0.2) is 5.60 Å². The summed E-state index contributed by atoms with van der Waals surface area (Å²) in [5, 5.41) is 10.6. The predicted molar refractivity (Wildman–Crippen MR) is 96.2 cm³/mol. The molecule has 0 unspecified atom stereocenters. The molecule has 6 heteroatoms. The lowest BCUT2D eigenvalue weighted by Crippen LogP contribution is -2.40. The van der Waals surface area contributed by atoms with Crippen LogP contribution in [0.25, 0.3) is 0 Å². The molecule has 0 saturated carbocycles. The van der Waals surface area contributed by atoms with Gasteiger partial charge in [-0.25, -0.2) is 4.79 Å². The minimum atomic E-state index is -1.77. The number of hydrogen-bond acceptors (Lipinski definition) is 6. The Morgan fingerprint density at radius 3 is 2.88 bits per heavy atom. The molecule has 0 bridgehead atoms. The van der Waals surface area contributed by atoms with E-state index in [1.807, 2.05) is 19.1 Å². The largest absolute Gasteiger partial charge is 0.460 e. The van der Waals surface area contributed by atoms with Crippen molar-refractivity contribution in [1.82, 2.24) is 4.90 Å². The molecule has 0 aromatic rings. The average molecular weight is 361 g/mol. The summed E-state index contributed by atoms with van der Waals surface area (Å²) in [7, 11) is 0. The second-order valence-corrected chi connectivity index (χ2v) is 7.41. The van der Waals surface area contributed by atoms with Crippen molar-refractivity contribution >= 4 is 11.9 Å². The Kier molecular flexibility index (Phi) is 5.34. The number of hydrogen-bond donors (Lipinski definition) is 1. The van der Waals surface area contributed by atoms with Gasteiger partial charge in [0.05, 0.1) is 12.0 Å². The summed E-state index contributed by atoms with van der Waals surface area (Å²) >= 11 is 0. The number of carbonyl (C=O) groups is 2. The maximum absolute atomic E-state index is 12.7. The van der Waals surface area contributed by atoms with Crippen molar-refractivity contribution in [2.75, 3.05) is 19.7 Å². The zero-order valence-electron chi connectivity index (χ0n) is 15.4. The first kappa shape index (κ1) is 18.9. The van der Waals surface area contributed by atoms with Gasteiger partial charge in [-0.15, -0.1) is 0 Å². The number of aliphatic hydroxyl groups is 1. The Labute approximate surface area is 154 Å². The zero-order chi connectivity index (χ0) is 18.9. The first-order chi connectivity index (χ1) is 12.3. The first-order valence-corrected chi connectivity index (χ1v) is 9.18. The number of carbonyl (C=O) groups excluding carboxylic acids is 2. The molecule has 2 fully saturated rings. The van der Waals surface area contributed by atoms with Crippen LogP contribution in [-0.2, 0) is 19.1 Å². The van der Waals surface area contributed by atoms with E-state index in [-0.39, 0.29) is 24.7 Å². The van der Waals surface area contributed by atoms with Gasteiger partial charge in [-0.2, -0.15) is 0 Å². The van der Waals surface area contributed by atoms with Gasteiger partial charge < -0.3 is 14.6 Å². The summed E-state index contributed by atoms with van der Waals surface area (Å²) in [4.78, 5) is 27.3. The number of cyclic esters (lactones) is 1. The molecule has 142 valence electrons. The van der Waals surface area contributed by atoms with Gasteiger partial charge in [0, 0.05) is 13.1 Å². The molecule has 3 aliphatic rings. The number of allylic oxidation sites excluding steroid dienone is 1. The lowest BCUT2D eigenvalue weighted by molar-refractivity contribution is -0.159. The van der Waals surface area contributed by atoms with Crippen LogP contribution in [0, 0.1) is 5.92 Å². The van der Waals surface area contributed by atoms with E-state index < -0.39 is 17.5 Å². The lowest BCUT2D eigenvalue weighted by Gasteiger charge is -2.25. The van der Waals surface area contributed by atoms with Gasteiger partial charge in [-0.05, 0) is 44.3 Å². The third kappa shape index (κ3) is 3.48. The fourth-order valence-electron chi connectivity index (χ4n) is 3.89. The molecule has 26 heavy (non-hydrogen) atoms. The highest BCUT2D eigenvalue weighted by atomic mass is 16.6. The van der Waals surface area contributed by atoms with Crippen molar-refractivity contribution in [3.05, 3.63) is 36.0 Å². The molecule has 0 spiro atoms. The number of rotatable bonds is 1. The van der Waals surface area contributed by atoms with Crippen LogP contribution in [0.3, 0.4) is 0 Å². The molecule has 3 rings (SSSR count). The van der Waals surface area contributed by atoms with E-state index in [1.165, 1.54) is 6.92 Å². The molecule has 1 N–H and O–H groups in total. The molecule has 6 nitrogen and oxygen atoms in total. The predicted octanol–water partition coefficient (Wildman–Crippen LogP) is 1.75. The number of esters is 2. The normalized spacial score (nSPS) is 36.7. The van der Waals surface area contributed by atoms with Gasteiger partial charge in [-0.3, -0.25) is 9.69 Å². The Morgan fingerprint density at radius 2 is 2.15 bits per heavy atom. The van der Waals surface area contributed by atoms with Crippen LogP contribution >= 0.6 is 0 Å². The monoisotopic (exact) mass is 361 g/mol. The number of nitrogens with zero attached hydrogens (tertiary/aromatic N) is 1. The minimum Gasteiger partial charge on any atom is -0.460 e. The average Bonchev–Trinajstić information content (AvgIpc) is 3.18. The van der Waals surface area contributed by atoms with E-state index >= 15 is 0 Å². The van der Waals surface area contributed by atoms with Crippen LogP contribution in [0.4, 0.5) is 0 Å². The molecule has 3 aliphatic heterocycles. The van der Waals surface area contributed by atoms with Crippen molar-refractivity contribution in [3.8, 4) is 0 Å². The fourth-order valence-corrected chi connectivity index (χ4v) is 3.89. The maximum Gasteiger partial charge on any atom is 0.342 e. The summed E-state index contributed by atoms with van der Waals surface area (Å²) in [6, 6.07) is -0.0492. The Balaban J connectivity index is 1.88. The van der Waals surface area contributed by atoms with Gasteiger partial charge in [-0.1, -0.05) is 24.8 Å². The van der Waals surface area contributed by atoms with Gasteiger partial charge in [0.2, 0.25) is 0 Å². The van der Waals surface area contributed by atoms with E-state index in [2.05, 4.69) is 11.5 Å². The van der Waals surface area contributed by atoms with Crippen LogP contribution in [0.1, 0.15) is 33.1 Å². The van der Waals surface area contributed by atoms with E-state index in [9.17, 15) is 14.7 Å². The van der Waals surface area contributed by atoms with E-state index in [0.29, 0.717) is 18.4 Å². The fraction of sp³-hybridized carbons (Fsp3) is 0.600. The highest BCUT2D eigenvalue weighted by Gasteiger charge is 2.44. The highest BCUT2D eigenvalue weighted by molar-refractivity contribution is 5.83.